The van der Waals surface area contributed by atoms with E-state index < -0.39 is 6.10 Å². The Bertz CT molecular complexity index is 1320. The van der Waals surface area contributed by atoms with Crippen LogP contribution in [0.3, 0.4) is 0 Å². The number of aromatic nitrogens is 3. The third kappa shape index (κ3) is 4.70. The van der Waals surface area contributed by atoms with Crippen LogP contribution >= 0.6 is 0 Å². The van der Waals surface area contributed by atoms with Gasteiger partial charge in [-0.3, -0.25) is 4.68 Å². The van der Waals surface area contributed by atoms with E-state index in [1.807, 2.05) is 76.2 Å². The Morgan fingerprint density at radius 2 is 1.79 bits per heavy atom. The first kappa shape index (κ1) is 23.6. The number of ether oxygens (including phenoxy) is 2. The van der Waals surface area contributed by atoms with Crippen LogP contribution in [0.2, 0.25) is 0 Å². The van der Waals surface area contributed by atoms with E-state index in [4.69, 9.17) is 9.47 Å². The molecule has 0 amide bonds. The summed E-state index contributed by atoms with van der Waals surface area (Å²) < 4.78 is 15.1. The number of rotatable bonds is 8. The number of aliphatic hydroxyl groups is 1. The van der Waals surface area contributed by atoms with E-state index in [9.17, 15) is 9.90 Å². The zero-order chi connectivity index (χ0) is 24.4. The smallest absolute Gasteiger partial charge is 0.340 e. The highest BCUT2D eigenvalue weighted by Gasteiger charge is 2.22. The van der Waals surface area contributed by atoms with Crippen LogP contribution in [0.15, 0.2) is 48.5 Å². The standard InChI is InChI=1S/C27H31N3O4/c1-6-33-27(32)26-20(5)30(21-9-7-17(2)8-10-21)25-12-11-23(14-24(25)26)34-16-22(31)15-29-19(4)13-18(3)28-29/h7-14,22,31H,6,15-16H2,1-5H3/t22-/m1/s1. The largest absolute Gasteiger partial charge is 0.491 e. The maximum Gasteiger partial charge on any atom is 0.340 e. The van der Waals surface area contributed by atoms with Crippen molar-refractivity contribution in [1.82, 2.24) is 14.3 Å². The number of benzene rings is 2. The molecule has 2 aromatic carbocycles. The van der Waals surface area contributed by atoms with Gasteiger partial charge in [0, 0.05) is 22.5 Å². The molecule has 0 bridgehead atoms. The molecule has 1 atom stereocenters. The number of nitrogens with zero attached hydrogens (tertiary/aromatic N) is 3. The van der Waals surface area contributed by atoms with Crippen LogP contribution in [0, 0.1) is 27.7 Å². The van der Waals surface area contributed by atoms with E-state index in [0.29, 0.717) is 24.5 Å². The Morgan fingerprint density at radius 3 is 2.44 bits per heavy atom. The first-order valence-electron chi connectivity index (χ1n) is 11.5. The second kappa shape index (κ2) is 9.73. The molecule has 7 nitrogen and oxygen atoms in total. The van der Waals surface area contributed by atoms with Crippen molar-refractivity contribution in [2.24, 2.45) is 0 Å². The van der Waals surface area contributed by atoms with Gasteiger partial charge in [-0.25, -0.2) is 4.79 Å². The van der Waals surface area contributed by atoms with Gasteiger partial charge in [-0.05, 0) is 71.0 Å². The molecule has 4 aromatic rings. The Labute approximate surface area is 199 Å². The molecule has 0 radical (unpaired) electrons. The van der Waals surface area contributed by atoms with E-state index in [1.165, 1.54) is 0 Å². The average molecular weight is 462 g/mol. The van der Waals surface area contributed by atoms with Crippen molar-refractivity contribution in [3.05, 3.63) is 76.7 Å². The maximum absolute atomic E-state index is 12.9. The van der Waals surface area contributed by atoms with Crippen LogP contribution in [0.1, 0.15) is 39.9 Å². The molecule has 7 heteroatoms. The number of hydrogen-bond acceptors (Lipinski definition) is 5. The molecule has 0 aliphatic carbocycles. The number of esters is 1. The highest BCUT2D eigenvalue weighted by molar-refractivity contribution is 6.07. The van der Waals surface area contributed by atoms with Crippen molar-refractivity contribution in [2.75, 3.05) is 13.2 Å². The zero-order valence-corrected chi connectivity index (χ0v) is 20.3. The first-order chi connectivity index (χ1) is 16.3. The highest BCUT2D eigenvalue weighted by atomic mass is 16.5. The molecule has 0 spiro atoms. The predicted molar refractivity (Wildman–Crippen MR) is 132 cm³/mol. The second-order valence-electron chi connectivity index (χ2n) is 8.60. The minimum Gasteiger partial charge on any atom is -0.491 e. The van der Waals surface area contributed by atoms with Gasteiger partial charge in [0.15, 0.2) is 0 Å². The number of aliphatic hydroxyl groups excluding tert-OH is 1. The highest BCUT2D eigenvalue weighted by Crippen LogP contribution is 2.32. The lowest BCUT2D eigenvalue weighted by Crippen LogP contribution is -2.24. The van der Waals surface area contributed by atoms with E-state index in [0.717, 1.165) is 39.2 Å². The number of fused-ring (bicyclic) bond motifs is 1. The summed E-state index contributed by atoms with van der Waals surface area (Å²) in [6, 6.07) is 15.8. The van der Waals surface area contributed by atoms with Gasteiger partial charge in [-0.15, -0.1) is 0 Å². The fraction of sp³-hybridized carbons (Fsp3) is 0.333. The van der Waals surface area contributed by atoms with Crippen LogP contribution < -0.4 is 4.74 Å². The molecule has 178 valence electrons. The topological polar surface area (TPSA) is 78.5 Å². The summed E-state index contributed by atoms with van der Waals surface area (Å²) in [4.78, 5) is 12.9. The van der Waals surface area contributed by atoms with Crippen LogP contribution in [0.5, 0.6) is 5.75 Å². The number of carbonyl (C=O) groups is 1. The fourth-order valence-corrected chi connectivity index (χ4v) is 4.28. The maximum atomic E-state index is 12.9. The molecule has 0 aliphatic rings. The van der Waals surface area contributed by atoms with Crippen molar-refractivity contribution in [2.45, 2.75) is 47.3 Å². The molecular formula is C27H31N3O4. The molecule has 0 saturated carbocycles. The van der Waals surface area contributed by atoms with E-state index in [-0.39, 0.29) is 12.6 Å². The Balaban J connectivity index is 1.65. The van der Waals surface area contributed by atoms with Gasteiger partial charge < -0.3 is 19.1 Å². The van der Waals surface area contributed by atoms with Gasteiger partial charge in [-0.2, -0.15) is 5.10 Å². The molecule has 0 fully saturated rings. The Morgan fingerprint density at radius 1 is 1.06 bits per heavy atom. The summed E-state index contributed by atoms with van der Waals surface area (Å²) in [6.45, 7) is 10.4. The van der Waals surface area contributed by atoms with E-state index >= 15 is 0 Å². The summed E-state index contributed by atoms with van der Waals surface area (Å²) in [5, 5.41) is 15.6. The van der Waals surface area contributed by atoms with E-state index in [1.54, 1.807) is 11.6 Å². The monoisotopic (exact) mass is 461 g/mol. The molecule has 0 aliphatic heterocycles. The predicted octanol–water partition coefficient (Wildman–Crippen LogP) is 4.68. The lowest BCUT2D eigenvalue weighted by Gasteiger charge is -2.14. The number of carbonyl (C=O) groups excluding carboxylic acids is 1. The summed E-state index contributed by atoms with van der Waals surface area (Å²) in [5.41, 5.74) is 6.25. The molecule has 4 rings (SSSR count). The quantitative estimate of drug-likeness (QED) is 0.386. The Hall–Kier alpha value is -3.58. The molecule has 0 saturated heterocycles. The fourth-order valence-electron chi connectivity index (χ4n) is 4.28. The Kier molecular flexibility index (Phi) is 6.75. The van der Waals surface area contributed by atoms with Crippen molar-refractivity contribution < 1.29 is 19.4 Å². The van der Waals surface area contributed by atoms with E-state index in [2.05, 4.69) is 9.67 Å². The van der Waals surface area contributed by atoms with Crippen LogP contribution in [-0.4, -0.2) is 44.7 Å². The first-order valence-corrected chi connectivity index (χ1v) is 11.5. The third-order valence-electron chi connectivity index (χ3n) is 5.88. The molecular weight excluding hydrogens is 430 g/mol. The van der Waals surface area contributed by atoms with Crippen molar-refractivity contribution in [3.8, 4) is 11.4 Å². The molecule has 1 N–H and O–H groups in total. The van der Waals surface area contributed by atoms with Gasteiger partial charge >= 0.3 is 5.97 Å². The third-order valence-corrected chi connectivity index (χ3v) is 5.88. The van der Waals surface area contributed by atoms with Gasteiger partial charge in [0.2, 0.25) is 0 Å². The molecule has 2 heterocycles. The molecule has 34 heavy (non-hydrogen) atoms. The summed E-state index contributed by atoms with van der Waals surface area (Å²) in [7, 11) is 0. The average Bonchev–Trinajstić information content (AvgIpc) is 3.27. The van der Waals surface area contributed by atoms with Crippen LogP contribution in [0.4, 0.5) is 0 Å². The molecule has 2 aromatic heterocycles. The normalized spacial score (nSPS) is 12.2. The van der Waals surface area contributed by atoms with Gasteiger partial charge in [0.05, 0.1) is 29.9 Å². The minimum atomic E-state index is -0.725. The number of hydrogen-bond donors (Lipinski definition) is 1. The van der Waals surface area contributed by atoms with Crippen molar-refractivity contribution in [3.63, 3.8) is 0 Å². The lowest BCUT2D eigenvalue weighted by atomic mass is 10.1. The van der Waals surface area contributed by atoms with Gasteiger partial charge in [0.25, 0.3) is 0 Å². The lowest BCUT2D eigenvalue weighted by molar-refractivity contribution is 0.0527. The second-order valence-corrected chi connectivity index (χ2v) is 8.60. The summed E-state index contributed by atoms with van der Waals surface area (Å²) in [6.07, 6.45) is -0.725. The zero-order valence-electron chi connectivity index (χ0n) is 20.3. The molecule has 0 unspecified atom stereocenters. The van der Waals surface area contributed by atoms with Crippen LogP contribution in [-0.2, 0) is 11.3 Å². The number of aryl methyl sites for hydroxylation is 3. The van der Waals surface area contributed by atoms with Crippen molar-refractivity contribution >= 4 is 16.9 Å². The van der Waals surface area contributed by atoms with Crippen molar-refractivity contribution in [1.29, 1.82) is 0 Å². The van der Waals surface area contributed by atoms with Crippen LogP contribution in [0.25, 0.3) is 16.6 Å². The minimum absolute atomic E-state index is 0.107. The van der Waals surface area contributed by atoms with Gasteiger partial charge in [0.1, 0.15) is 18.5 Å². The summed E-state index contributed by atoms with van der Waals surface area (Å²) in [5.74, 6) is 0.212. The van der Waals surface area contributed by atoms with Gasteiger partial charge in [-0.1, -0.05) is 17.7 Å². The summed E-state index contributed by atoms with van der Waals surface area (Å²) >= 11 is 0. The SMILES string of the molecule is CCOC(=O)c1c(C)n(-c2ccc(C)cc2)c2ccc(OC[C@H](O)Cn3nc(C)cc3C)cc12.